The van der Waals surface area contributed by atoms with E-state index in [2.05, 4.69) is 15.9 Å². The maximum atomic E-state index is 11.1. The van der Waals surface area contributed by atoms with E-state index in [0.717, 1.165) is 3.79 Å². The highest BCUT2D eigenvalue weighted by Gasteiger charge is 2.28. The van der Waals surface area contributed by atoms with Crippen LogP contribution in [0.4, 0.5) is 10.5 Å². The molecule has 1 rings (SSSR count). The fourth-order valence-corrected chi connectivity index (χ4v) is 2.31. The number of amides is 1. The van der Waals surface area contributed by atoms with Crippen LogP contribution in [-0.2, 0) is 0 Å². The van der Waals surface area contributed by atoms with Gasteiger partial charge in [0.1, 0.15) is 0 Å². The molecule has 1 amide bonds. The number of anilines is 1. The summed E-state index contributed by atoms with van der Waals surface area (Å²) in [7, 11) is 0. The van der Waals surface area contributed by atoms with E-state index < -0.39 is 11.6 Å². The number of carbonyl (C=O) groups is 1. The van der Waals surface area contributed by atoms with Crippen molar-refractivity contribution in [3.05, 3.63) is 15.2 Å². The van der Waals surface area contributed by atoms with Crippen molar-refractivity contribution in [2.24, 2.45) is 0 Å². The molecule has 0 saturated carbocycles. The van der Waals surface area contributed by atoms with Gasteiger partial charge in [-0.25, -0.2) is 4.79 Å². The zero-order valence-corrected chi connectivity index (χ0v) is 10.6. The maximum absolute atomic E-state index is 11.1. The molecule has 3 nitrogen and oxygen atoms in total. The van der Waals surface area contributed by atoms with Crippen LogP contribution >= 0.6 is 27.3 Å². The van der Waals surface area contributed by atoms with Gasteiger partial charge in [0.25, 0.3) is 0 Å². The van der Waals surface area contributed by atoms with Crippen molar-refractivity contribution in [3.8, 4) is 0 Å². The molecular formula is C9H12BrNO2S. The zero-order chi connectivity index (χ0) is 10.9. The van der Waals surface area contributed by atoms with E-state index in [1.165, 1.54) is 16.2 Å². The quantitative estimate of drug-likeness (QED) is 0.849. The van der Waals surface area contributed by atoms with Gasteiger partial charge in [0.2, 0.25) is 0 Å². The minimum atomic E-state index is -0.928. The lowest BCUT2D eigenvalue weighted by atomic mass is 10.1. The second-order valence-corrected chi connectivity index (χ2v) is 6.19. The number of rotatable bonds is 1. The molecule has 1 N–H and O–H groups in total. The van der Waals surface area contributed by atoms with Crippen molar-refractivity contribution in [2.45, 2.75) is 26.3 Å². The molecule has 0 spiro atoms. The Labute approximate surface area is 95.5 Å². The largest absolute Gasteiger partial charge is 0.465 e. The predicted molar refractivity (Wildman–Crippen MR) is 62.3 cm³/mol. The summed E-state index contributed by atoms with van der Waals surface area (Å²) >= 11 is 4.79. The van der Waals surface area contributed by atoms with Crippen LogP contribution in [0.2, 0.25) is 0 Å². The Bertz CT molecular complexity index is 343. The van der Waals surface area contributed by atoms with Crippen LogP contribution in [0, 0.1) is 0 Å². The number of thiophene rings is 1. The van der Waals surface area contributed by atoms with Crippen molar-refractivity contribution in [1.29, 1.82) is 0 Å². The first-order valence-corrected chi connectivity index (χ1v) is 5.77. The van der Waals surface area contributed by atoms with E-state index in [-0.39, 0.29) is 0 Å². The third-order valence-corrected chi connectivity index (χ3v) is 3.17. The maximum Gasteiger partial charge on any atom is 0.412 e. The van der Waals surface area contributed by atoms with Gasteiger partial charge in [-0.05, 0) is 42.8 Å². The third-order valence-electron chi connectivity index (χ3n) is 1.67. The summed E-state index contributed by atoms with van der Waals surface area (Å²) in [4.78, 5) is 12.4. The Morgan fingerprint density at radius 3 is 2.43 bits per heavy atom. The Kier molecular flexibility index (Phi) is 3.21. The molecule has 0 unspecified atom stereocenters. The van der Waals surface area contributed by atoms with Crippen molar-refractivity contribution < 1.29 is 9.90 Å². The van der Waals surface area contributed by atoms with Crippen LogP contribution in [0.3, 0.4) is 0 Å². The van der Waals surface area contributed by atoms with Gasteiger partial charge in [0.15, 0.2) is 0 Å². The Morgan fingerprint density at radius 1 is 1.57 bits per heavy atom. The summed E-state index contributed by atoms with van der Waals surface area (Å²) in [6.07, 6.45) is -0.928. The van der Waals surface area contributed by atoms with E-state index in [1.807, 2.05) is 32.2 Å². The van der Waals surface area contributed by atoms with Gasteiger partial charge in [-0.2, -0.15) is 0 Å². The Hall–Kier alpha value is -0.550. The lowest BCUT2D eigenvalue weighted by Crippen LogP contribution is -2.44. The molecule has 0 aliphatic rings. The zero-order valence-electron chi connectivity index (χ0n) is 8.24. The SMILES string of the molecule is CC(C)(C)N(C(=O)O)c1csc(Br)c1. The monoisotopic (exact) mass is 277 g/mol. The lowest BCUT2D eigenvalue weighted by Gasteiger charge is -2.32. The fraction of sp³-hybridized carbons (Fsp3) is 0.444. The molecule has 78 valence electrons. The molecule has 0 aromatic carbocycles. The molecule has 14 heavy (non-hydrogen) atoms. The average molecular weight is 278 g/mol. The van der Waals surface area contributed by atoms with Crippen LogP contribution in [0.15, 0.2) is 15.2 Å². The van der Waals surface area contributed by atoms with Crippen LogP contribution < -0.4 is 4.90 Å². The highest BCUT2D eigenvalue weighted by atomic mass is 79.9. The third kappa shape index (κ3) is 2.48. The predicted octanol–water partition coefficient (Wildman–Crippen LogP) is 3.79. The first kappa shape index (κ1) is 11.5. The number of carboxylic acid groups (broad SMARTS) is 1. The van der Waals surface area contributed by atoms with E-state index >= 15 is 0 Å². The normalized spacial score (nSPS) is 11.4. The van der Waals surface area contributed by atoms with E-state index in [1.54, 1.807) is 0 Å². The van der Waals surface area contributed by atoms with Gasteiger partial charge in [0, 0.05) is 10.9 Å². The first-order chi connectivity index (χ1) is 6.32. The number of hydrogen-bond acceptors (Lipinski definition) is 2. The molecule has 0 saturated heterocycles. The summed E-state index contributed by atoms with van der Waals surface area (Å²) < 4.78 is 0.933. The standard InChI is InChI=1S/C9H12BrNO2S/c1-9(2,3)11(8(12)13)6-4-7(10)14-5-6/h4-5H,1-3H3,(H,12,13). The van der Waals surface area contributed by atoms with Gasteiger partial charge in [0.05, 0.1) is 9.47 Å². The molecule has 0 bridgehead atoms. The van der Waals surface area contributed by atoms with Gasteiger partial charge < -0.3 is 5.11 Å². The van der Waals surface area contributed by atoms with E-state index in [4.69, 9.17) is 5.11 Å². The van der Waals surface area contributed by atoms with Gasteiger partial charge in [-0.3, -0.25) is 4.90 Å². The van der Waals surface area contributed by atoms with Crippen LogP contribution in [0.5, 0.6) is 0 Å². The summed E-state index contributed by atoms with van der Waals surface area (Å²) in [6.45, 7) is 5.60. The summed E-state index contributed by atoms with van der Waals surface area (Å²) in [5.74, 6) is 0. The van der Waals surface area contributed by atoms with Crippen LogP contribution in [0.25, 0.3) is 0 Å². The Morgan fingerprint density at radius 2 is 2.14 bits per heavy atom. The van der Waals surface area contributed by atoms with E-state index in [9.17, 15) is 4.79 Å². The highest BCUT2D eigenvalue weighted by Crippen LogP contribution is 2.31. The lowest BCUT2D eigenvalue weighted by molar-refractivity contribution is 0.195. The van der Waals surface area contributed by atoms with Crippen LogP contribution in [-0.4, -0.2) is 16.7 Å². The van der Waals surface area contributed by atoms with Gasteiger partial charge in [-0.15, -0.1) is 11.3 Å². The smallest absolute Gasteiger partial charge is 0.412 e. The molecule has 0 aliphatic carbocycles. The van der Waals surface area contributed by atoms with Crippen molar-refractivity contribution in [3.63, 3.8) is 0 Å². The fourth-order valence-electron chi connectivity index (χ4n) is 1.20. The summed E-state index contributed by atoms with van der Waals surface area (Å²) in [5, 5.41) is 10.9. The van der Waals surface area contributed by atoms with Gasteiger partial charge >= 0.3 is 6.09 Å². The molecular weight excluding hydrogens is 266 g/mol. The Balaban J connectivity index is 3.07. The molecule has 5 heteroatoms. The molecule has 0 radical (unpaired) electrons. The molecule has 0 fully saturated rings. The topological polar surface area (TPSA) is 40.5 Å². The van der Waals surface area contributed by atoms with Crippen LogP contribution in [0.1, 0.15) is 20.8 Å². The summed E-state index contributed by atoms with van der Waals surface area (Å²) in [6, 6.07) is 1.81. The van der Waals surface area contributed by atoms with Crippen molar-refractivity contribution >= 4 is 39.0 Å². The molecule has 0 aliphatic heterocycles. The molecule has 1 heterocycles. The molecule has 1 aromatic heterocycles. The van der Waals surface area contributed by atoms with Gasteiger partial charge in [-0.1, -0.05) is 0 Å². The highest BCUT2D eigenvalue weighted by molar-refractivity contribution is 9.11. The second-order valence-electron chi connectivity index (χ2n) is 3.90. The van der Waals surface area contributed by atoms with Crippen molar-refractivity contribution in [2.75, 3.05) is 4.90 Å². The summed E-state index contributed by atoms with van der Waals surface area (Å²) in [5.41, 5.74) is 0.286. The minimum absolute atomic E-state index is 0.424. The van der Waals surface area contributed by atoms with Crippen molar-refractivity contribution in [1.82, 2.24) is 0 Å². The first-order valence-electron chi connectivity index (χ1n) is 4.09. The number of nitrogens with zero attached hydrogens (tertiary/aromatic N) is 1. The minimum Gasteiger partial charge on any atom is -0.465 e. The second kappa shape index (κ2) is 3.90. The molecule has 1 aromatic rings. The number of halogens is 1. The van der Waals surface area contributed by atoms with E-state index in [0.29, 0.717) is 5.69 Å². The number of hydrogen-bond donors (Lipinski definition) is 1. The molecule has 0 atom stereocenters. The average Bonchev–Trinajstić information content (AvgIpc) is 2.31.